The molecule has 0 radical (unpaired) electrons. The van der Waals surface area contributed by atoms with Gasteiger partial charge in [0, 0.05) is 63.2 Å². The van der Waals surface area contributed by atoms with Crippen LogP contribution in [0.5, 0.6) is 5.75 Å². The average molecular weight is 1720 g/mol. The standard InChI is InChI=1S/C94H126N10O16S2/c1-17-61(6)80(75(116-15)56-77(106)103-53-32-42-74(103)82(117-16)62(7)85(108)96-63(8)81(107)66-35-24-19-25-36-66)101(13)89(112)78(59(2)3)100-88(111)79(60(4)5)102(14)92(115)118-58-65-43-45-67(46-44-65)97-86(109)72(41-30-31-52-95)99-87(110)73(55-64-33-22-18-23-34-64)98-76(105)57-94(11,12)119-54-51-93(9,10)120-69-49-47-68(48-50-69)104-90(113)83(121-70-37-26-20-27-38-70)84(91(104)114)122-71-39-28-21-29-40-71/h18-29,33-40,43-50,59-63,72-75,78-82,107H,17,30-32,41-42,51-58,95H2,1-16H3,(H,96,108)(H,97,109)(H,98,105)(H,99,110)(H,100,111)/t61?,62-,63-,72+,73+,74+,75-,78+,79+,80+,81?,82-/m1/s1. The van der Waals surface area contributed by atoms with Gasteiger partial charge in [0.05, 0.1) is 82.9 Å². The number of hydrogen-bond acceptors (Lipinski definition) is 19. The Morgan fingerprint density at radius 1 is 0.631 bits per heavy atom. The molecule has 28 heteroatoms. The number of aliphatic hydroxyl groups excluding tert-OH is 1. The second-order valence-electron chi connectivity index (χ2n) is 33.5. The molecular formula is C94H126N10O16S2. The average Bonchev–Trinajstić information content (AvgIpc) is 1.61. The zero-order chi connectivity index (χ0) is 89.1. The van der Waals surface area contributed by atoms with Gasteiger partial charge in [-0.15, -0.1) is 0 Å². The van der Waals surface area contributed by atoms with Crippen LogP contribution in [0, 0.1) is 23.7 Å². The zero-order valence-electron chi connectivity index (χ0n) is 73.4. The highest BCUT2D eigenvalue weighted by atomic mass is 32.2. The number of unbranched alkanes of at least 4 members (excludes halogenated alkanes) is 1. The minimum atomic E-state index is -1.11. The number of likely N-dealkylation sites (N-methyl/N-ethyl adjacent to an activating group) is 2. The van der Waals surface area contributed by atoms with Crippen LogP contribution >= 0.6 is 23.5 Å². The molecule has 8 rings (SSSR count). The Balaban J connectivity index is 0.828. The number of anilines is 2. The summed E-state index contributed by atoms with van der Waals surface area (Å²) in [6.45, 7) is 22.8. The van der Waals surface area contributed by atoms with Crippen molar-refractivity contribution in [3.63, 3.8) is 0 Å². The predicted molar refractivity (Wildman–Crippen MR) is 475 cm³/mol. The summed E-state index contributed by atoms with van der Waals surface area (Å²) in [6, 6.07) is 44.5. The number of thioether (sulfide) groups is 2. The Morgan fingerprint density at radius 2 is 1.21 bits per heavy atom. The number of aliphatic hydroxyl groups is 1. The molecule has 0 bridgehead atoms. The van der Waals surface area contributed by atoms with Gasteiger partial charge in [-0.1, -0.05) is 188 Å². The number of hydrogen-bond donors (Lipinski definition) is 7. The quantitative estimate of drug-likeness (QED) is 0.0138. The van der Waals surface area contributed by atoms with Gasteiger partial charge in [0.1, 0.15) is 42.1 Å². The van der Waals surface area contributed by atoms with E-state index in [2.05, 4.69) is 26.6 Å². The van der Waals surface area contributed by atoms with Crippen LogP contribution in [-0.2, 0) is 75.1 Å². The second-order valence-corrected chi connectivity index (χ2v) is 35.7. The number of nitrogens with two attached hydrogens (primary N) is 1. The number of nitrogens with one attached hydrogen (secondary N) is 5. The number of carbonyl (C=O) groups excluding carboxylic acids is 10. The van der Waals surface area contributed by atoms with Crippen LogP contribution in [-0.4, -0.2) is 193 Å². The second kappa shape index (κ2) is 46.5. The van der Waals surface area contributed by atoms with Crippen molar-refractivity contribution in [2.45, 2.75) is 235 Å². The summed E-state index contributed by atoms with van der Waals surface area (Å²) in [5, 5.41) is 25.7. The highest BCUT2D eigenvalue weighted by molar-refractivity contribution is 8.08. The van der Waals surface area contributed by atoms with Gasteiger partial charge < -0.3 is 70.9 Å². The molecule has 12 atom stereocenters. The molecule has 1 fully saturated rings. The Bertz CT molecular complexity index is 4410. The number of imide groups is 1. The first-order valence-electron chi connectivity index (χ1n) is 42.2. The number of methoxy groups -OCH3 is 2. The lowest BCUT2D eigenvalue weighted by atomic mass is 9.89. The largest absolute Gasteiger partial charge is 0.488 e. The zero-order valence-corrected chi connectivity index (χ0v) is 75.0. The lowest BCUT2D eigenvalue weighted by Gasteiger charge is -2.41. The Labute approximate surface area is 728 Å². The summed E-state index contributed by atoms with van der Waals surface area (Å²) < 4.78 is 30.7. The Kier molecular flexibility index (Phi) is 37.2. The number of ether oxygens (including phenoxy) is 5. The molecule has 1 saturated heterocycles. The molecule has 2 heterocycles. The number of carbonyl (C=O) groups is 10. The fourth-order valence-corrected chi connectivity index (χ4v) is 17.4. The van der Waals surface area contributed by atoms with E-state index >= 15 is 0 Å². The molecule has 0 spiro atoms. The normalized spacial score (nSPS) is 16.5. The first-order chi connectivity index (χ1) is 58.1. The molecule has 26 nitrogen and oxygen atoms in total. The van der Waals surface area contributed by atoms with Crippen molar-refractivity contribution in [3.05, 3.63) is 196 Å². The van der Waals surface area contributed by atoms with Crippen LogP contribution in [0.1, 0.15) is 164 Å². The molecule has 0 saturated carbocycles. The SMILES string of the molecule is CCC(C)[C@@H]([C@@H](CC(=O)N1CCC[C@H]1[C@H](OC)[C@@H](C)C(=O)N[C@H](C)C(O)c1ccccc1)OC)N(C)C(=O)[C@@H](NC(=O)[C@H](C(C)C)N(C)C(=O)OCc1ccc(NC(=O)[C@H](CCCCN)NC(=O)[C@H](Cc2ccccc2)NC(=O)CC(C)(C)OCCC(C)(C)Oc2ccc(N3C(=O)C(Sc4ccccc4)=C(Sc4ccccc4)C3=O)cc2)cc1)C(C)C. The first-order valence-corrected chi connectivity index (χ1v) is 43.8. The van der Waals surface area contributed by atoms with Crippen LogP contribution in [0.4, 0.5) is 16.2 Å². The lowest BCUT2D eigenvalue weighted by molar-refractivity contribution is -0.148. The Morgan fingerprint density at radius 3 is 1.76 bits per heavy atom. The van der Waals surface area contributed by atoms with Gasteiger partial charge in [-0.25, -0.2) is 9.69 Å². The van der Waals surface area contributed by atoms with Crippen LogP contribution in [0.3, 0.4) is 0 Å². The smallest absolute Gasteiger partial charge is 0.410 e. The summed E-state index contributed by atoms with van der Waals surface area (Å²) in [5.74, 6) is -5.21. The van der Waals surface area contributed by atoms with Crippen molar-refractivity contribution >= 4 is 94.2 Å². The van der Waals surface area contributed by atoms with E-state index in [9.17, 15) is 53.1 Å². The molecule has 10 amide bonds. The number of amides is 10. The fourth-order valence-electron chi connectivity index (χ4n) is 15.4. The van der Waals surface area contributed by atoms with Crippen molar-refractivity contribution in [1.82, 2.24) is 36.0 Å². The van der Waals surface area contributed by atoms with Gasteiger partial charge in [0.25, 0.3) is 11.8 Å². The third-order valence-electron chi connectivity index (χ3n) is 22.4. The van der Waals surface area contributed by atoms with Crippen molar-refractivity contribution in [2.75, 3.05) is 58.2 Å². The van der Waals surface area contributed by atoms with Crippen molar-refractivity contribution in [3.8, 4) is 5.75 Å². The third-order valence-corrected chi connectivity index (χ3v) is 24.7. The van der Waals surface area contributed by atoms with Gasteiger partial charge in [-0.2, -0.15) is 0 Å². The minimum Gasteiger partial charge on any atom is -0.488 e. The first kappa shape index (κ1) is 97.5. The Hall–Kier alpha value is -9.94. The van der Waals surface area contributed by atoms with Crippen molar-refractivity contribution in [1.29, 1.82) is 0 Å². The van der Waals surface area contributed by atoms with E-state index in [1.54, 1.807) is 119 Å². The highest BCUT2D eigenvalue weighted by Gasteiger charge is 2.46. The van der Waals surface area contributed by atoms with E-state index < -0.39 is 137 Å². The van der Waals surface area contributed by atoms with Crippen LogP contribution < -0.4 is 42.0 Å². The van der Waals surface area contributed by atoms with E-state index in [-0.39, 0.29) is 56.6 Å². The van der Waals surface area contributed by atoms with E-state index in [0.29, 0.717) is 89.7 Å². The molecule has 0 aliphatic carbocycles. The molecule has 8 N–H and O–H groups in total. The summed E-state index contributed by atoms with van der Waals surface area (Å²) in [4.78, 5) is 151. The maximum atomic E-state index is 14.9. The van der Waals surface area contributed by atoms with Gasteiger partial charge in [-0.05, 0) is 168 Å². The molecule has 660 valence electrons. The summed E-state index contributed by atoms with van der Waals surface area (Å²) in [5.41, 5.74) is 6.86. The van der Waals surface area contributed by atoms with Gasteiger partial charge in [0.2, 0.25) is 41.4 Å². The minimum absolute atomic E-state index is 0.0927. The number of likely N-dealkylation sites (tertiary alicyclic amines) is 1. The predicted octanol–water partition coefficient (Wildman–Crippen LogP) is 13.0. The summed E-state index contributed by atoms with van der Waals surface area (Å²) >= 11 is 2.51. The summed E-state index contributed by atoms with van der Waals surface area (Å²) in [7, 11) is 6.12. The van der Waals surface area contributed by atoms with E-state index in [0.717, 1.165) is 15.4 Å². The van der Waals surface area contributed by atoms with Gasteiger partial charge in [-0.3, -0.25) is 48.1 Å². The van der Waals surface area contributed by atoms with Crippen LogP contribution in [0.25, 0.3) is 0 Å². The lowest BCUT2D eigenvalue weighted by Crippen LogP contribution is -2.60. The molecule has 6 aromatic carbocycles. The van der Waals surface area contributed by atoms with E-state index in [1.165, 1.54) is 54.6 Å². The van der Waals surface area contributed by atoms with Crippen LogP contribution in [0.15, 0.2) is 189 Å². The van der Waals surface area contributed by atoms with E-state index in [4.69, 9.17) is 29.4 Å². The molecule has 122 heavy (non-hydrogen) atoms. The van der Waals surface area contributed by atoms with Gasteiger partial charge >= 0.3 is 6.09 Å². The van der Waals surface area contributed by atoms with Crippen molar-refractivity contribution < 1.29 is 76.7 Å². The molecule has 2 aliphatic rings. The number of rotatable bonds is 46. The molecule has 2 unspecified atom stereocenters. The summed E-state index contributed by atoms with van der Waals surface area (Å²) in [6.07, 6.45) is 0.256. The number of nitrogens with zero attached hydrogens (tertiary/aromatic N) is 4. The maximum absolute atomic E-state index is 14.9. The fraction of sp³-hybridized carbons (Fsp3) is 0.489. The molecule has 6 aromatic rings. The third kappa shape index (κ3) is 27.5. The molecular weight excluding hydrogens is 1590 g/mol. The maximum Gasteiger partial charge on any atom is 0.410 e. The van der Waals surface area contributed by atoms with Crippen LogP contribution in [0.2, 0.25) is 0 Å². The molecule has 0 aromatic heterocycles. The van der Waals surface area contributed by atoms with Crippen molar-refractivity contribution in [2.24, 2.45) is 29.4 Å². The van der Waals surface area contributed by atoms with Gasteiger partial charge in [0.15, 0.2) is 0 Å². The van der Waals surface area contributed by atoms with E-state index in [1.807, 2.05) is 151 Å². The molecule has 2 aliphatic heterocycles. The monoisotopic (exact) mass is 1710 g/mol. The topological polar surface area (TPSA) is 336 Å². The number of benzene rings is 6. The highest BCUT2D eigenvalue weighted by Crippen LogP contribution is 2.45.